The summed E-state index contributed by atoms with van der Waals surface area (Å²) in [5.41, 5.74) is 9.82. The van der Waals surface area contributed by atoms with Crippen LogP contribution in [0.5, 0.6) is 0 Å². The Bertz CT molecular complexity index is 1150. The Hall–Kier alpha value is -3.78. The van der Waals surface area contributed by atoms with E-state index >= 15 is 0 Å². The van der Waals surface area contributed by atoms with Gasteiger partial charge in [-0.1, -0.05) is 68.4 Å². The Morgan fingerprint density at radius 3 is 2.19 bits per heavy atom. The van der Waals surface area contributed by atoms with Gasteiger partial charge < -0.3 is 5.73 Å². The van der Waals surface area contributed by atoms with E-state index in [1.54, 1.807) is 19.3 Å². The van der Waals surface area contributed by atoms with Crippen molar-refractivity contribution in [1.82, 2.24) is 15.0 Å². The maximum atomic E-state index is 13.1. The highest BCUT2D eigenvalue weighted by atomic mass is 16.5. The summed E-state index contributed by atoms with van der Waals surface area (Å²) in [5.74, 6) is -1.55. The van der Waals surface area contributed by atoms with Gasteiger partial charge in [-0.25, -0.2) is 10.5 Å². The van der Waals surface area contributed by atoms with Crippen molar-refractivity contribution in [3.05, 3.63) is 76.8 Å². The molecule has 3 aromatic rings. The molecule has 0 saturated heterocycles. The molecule has 166 valence electrons. The van der Waals surface area contributed by atoms with Crippen LogP contribution in [0.2, 0.25) is 0 Å². The van der Waals surface area contributed by atoms with E-state index in [2.05, 4.69) is 4.98 Å². The van der Waals surface area contributed by atoms with Gasteiger partial charge in [0.15, 0.2) is 0 Å². The van der Waals surface area contributed by atoms with Crippen LogP contribution in [0.4, 0.5) is 0 Å². The SMILES string of the molecule is CC(C)C(C(=O)NO)n1cc(-c2ccc(-c3ccccc3)cc2)nc(CCC(N)=O)c1=O. The highest BCUT2D eigenvalue weighted by Gasteiger charge is 2.27. The Morgan fingerprint density at radius 2 is 1.62 bits per heavy atom. The second kappa shape index (κ2) is 10.0. The first-order valence-corrected chi connectivity index (χ1v) is 10.3. The molecule has 0 aliphatic heterocycles. The van der Waals surface area contributed by atoms with Crippen LogP contribution in [-0.4, -0.2) is 26.6 Å². The van der Waals surface area contributed by atoms with Crippen LogP contribution in [0, 0.1) is 5.92 Å². The molecule has 0 radical (unpaired) electrons. The van der Waals surface area contributed by atoms with Crippen LogP contribution in [0.25, 0.3) is 22.4 Å². The molecule has 4 N–H and O–H groups in total. The number of primary amides is 1. The van der Waals surface area contributed by atoms with Crippen molar-refractivity contribution in [2.45, 2.75) is 32.7 Å². The zero-order chi connectivity index (χ0) is 23.3. The first kappa shape index (κ1) is 22.9. The van der Waals surface area contributed by atoms with E-state index in [4.69, 9.17) is 5.73 Å². The summed E-state index contributed by atoms with van der Waals surface area (Å²) < 4.78 is 1.26. The fraction of sp³-hybridized carbons (Fsp3) is 0.250. The van der Waals surface area contributed by atoms with E-state index in [1.165, 1.54) is 10.8 Å². The Labute approximate surface area is 185 Å². The average Bonchev–Trinajstić information content (AvgIpc) is 2.79. The van der Waals surface area contributed by atoms with Gasteiger partial charge in [0.25, 0.3) is 11.5 Å². The third-order valence-corrected chi connectivity index (χ3v) is 5.20. The third-order valence-electron chi connectivity index (χ3n) is 5.20. The average molecular weight is 434 g/mol. The number of hydroxylamine groups is 1. The lowest BCUT2D eigenvalue weighted by atomic mass is 10.0. The number of carbonyl (C=O) groups is 2. The van der Waals surface area contributed by atoms with E-state index < -0.39 is 23.4 Å². The molecule has 0 spiro atoms. The first-order chi connectivity index (χ1) is 15.3. The standard InChI is InChI=1S/C24H26N4O4/c1-15(2)22(23(30)27-32)28-14-20(26-19(24(28)31)12-13-21(25)29)18-10-8-17(9-11-18)16-6-4-3-5-7-16/h3-11,14-15,22,32H,12-13H2,1-2H3,(H2,25,29)(H,27,30). The van der Waals surface area contributed by atoms with Crippen molar-refractivity contribution in [3.63, 3.8) is 0 Å². The van der Waals surface area contributed by atoms with Crippen molar-refractivity contribution in [3.8, 4) is 22.4 Å². The summed E-state index contributed by atoms with van der Waals surface area (Å²) >= 11 is 0. The molecule has 1 atom stereocenters. The number of nitrogens with two attached hydrogens (primary N) is 1. The Balaban J connectivity index is 2.10. The summed E-state index contributed by atoms with van der Waals surface area (Å²) in [4.78, 5) is 41.1. The molecule has 1 heterocycles. The number of amides is 2. The number of carbonyl (C=O) groups excluding carboxylic acids is 2. The summed E-state index contributed by atoms with van der Waals surface area (Å²) in [7, 11) is 0. The van der Waals surface area contributed by atoms with Gasteiger partial charge in [-0.15, -0.1) is 0 Å². The van der Waals surface area contributed by atoms with Crippen LogP contribution in [-0.2, 0) is 16.0 Å². The molecule has 0 aliphatic carbocycles. The number of nitrogens with one attached hydrogen (secondary N) is 1. The molecule has 0 aliphatic rings. The fourth-order valence-electron chi connectivity index (χ4n) is 3.59. The molecule has 32 heavy (non-hydrogen) atoms. The molecule has 8 nitrogen and oxygen atoms in total. The number of aromatic nitrogens is 2. The third kappa shape index (κ3) is 5.09. The number of nitrogens with zero attached hydrogens (tertiary/aromatic N) is 2. The van der Waals surface area contributed by atoms with Crippen molar-refractivity contribution in [2.24, 2.45) is 11.7 Å². The topological polar surface area (TPSA) is 127 Å². The second-order valence-corrected chi connectivity index (χ2v) is 7.86. The van der Waals surface area contributed by atoms with Gasteiger partial charge in [-0.05, 0) is 17.0 Å². The van der Waals surface area contributed by atoms with Crippen molar-refractivity contribution in [1.29, 1.82) is 0 Å². The minimum Gasteiger partial charge on any atom is -0.370 e. The number of hydrogen-bond acceptors (Lipinski definition) is 5. The van der Waals surface area contributed by atoms with E-state index in [1.807, 2.05) is 54.6 Å². The highest BCUT2D eigenvalue weighted by Crippen LogP contribution is 2.25. The van der Waals surface area contributed by atoms with Gasteiger partial charge in [0, 0.05) is 24.6 Å². The zero-order valence-electron chi connectivity index (χ0n) is 18.0. The summed E-state index contributed by atoms with van der Waals surface area (Å²) in [5, 5.41) is 9.19. The number of aryl methyl sites for hydroxylation is 1. The Kier molecular flexibility index (Phi) is 7.17. The van der Waals surface area contributed by atoms with Gasteiger partial charge in [0.1, 0.15) is 11.7 Å². The van der Waals surface area contributed by atoms with Gasteiger partial charge in [0.05, 0.1) is 5.69 Å². The van der Waals surface area contributed by atoms with E-state index in [9.17, 15) is 19.6 Å². The second-order valence-electron chi connectivity index (χ2n) is 7.86. The maximum absolute atomic E-state index is 13.1. The quantitative estimate of drug-likeness (QED) is 0.371. The number of rotatable bonds is 8. The van der Waals surface area contributed by atoms with Gasteiger partial charge in [-0.3, -0.25) is 24.2 Å². The normalized spacial score (nSPS) is 11.9. The van der Waals surface area contributed by atoms with Crippen LogP contribution >= 0.6 is 0 Å². The molecule has 2 aromatic carbocycles. The van der Waals surface area contributed by atoms with Crippen molar-refractivity contribution < 1.29 is 14.8 Å². The van der Waals surface area contributed by atoms with Gasteiger partial charge in [-0.2, -0.15) is 0 Å². The summed E-state index contributed by atoms with van der Waals surface area (Å²) in [6.07, 6.45) is 1.51. The minimum atomic E-state index is -0.954. The summed E-state index contributed by atoms with van der Waals surface area (Å²) in [6, 6.07) is 16.6. The molecule has 1 aromatic heterocycles. The molecule has 8 heteroatoms. The van der Waals surface area contributed by atoms with Gasteiger partial charge in [0.2, 0.25) is 5.91 Å². The molecular formula is C24H26N4O4. The molecule has 0 fully saturated rings. The largest absolute Gasteiger partial charge is 0.370 e. The number of benzene rings is 2. The van der Waals surface area contributed by atoms with E-state index in [0.717, 1.165) is 16.7 Å². The Morgan fingerprint density at radius 1 is 1.03 bits per heavy atom. The molecular weight excluding hydrogens is 408 g/mol. The lowest BCUT2D eigenvalue weighted by Crippen LogP contribution is -2.40. The van der Waals surface area contributed by atoms with Crippen molar-refractivity contribution in [2.75, 3.05) is 0 Å². The fourth-order valence-corrected chi connectivity index (χ4v) is 3.59. The predicted molar refractivity (Wildman–Crippen MR) is 121 cm³/mol. The number of hydrogen-bond donors (Lipinski definition) is 3. The minimum absolute atomic E-state index is 0.0445. The zero-order valence-corrected chi connectivity index (χ0v) is 18.0. The van der Waals surface area contributed by atoms with Crippen LogP contribution in [0.15, 0.2) is 65.6 Å². The van der Waals surface area contributed by atoms with Crippen LogP contribution in [0.1, 0.15) is 32.0 Å². The van der Waals surface area contributed by atoms with E-state index in [0.29, 0.717) is 5.69 Å². The molecule has 0 bridgehead atoms. The molecule has 1 unspecified atom stereocenters. The lowest BCUT2D eigenvalue weighted by Gasteiger charge is -2.22. The van der Waals surface area contributed by atoms with Crippen molar-refractivity contribution >= 4 is 11.8 Å². The van der Waals surface area contributed by atoms with Crippen LogP contribution in [0.3, 0.4) is 0 Å². The molecule has 2 amide bonds. The maximum Gasteiger partial charge on any atom is 0.273 e. The monoisotopic (exact) mass is 434 g/mol. The first-order valence-electron chi connectivity index (χ1n) is 10.3. The summed E-state index contributed by atoms with van der Waals surface area (Å²) in [6.45, 7) is 3.54. The smallest absolute Gasteiger partial charge is 0.273 e. The van der Waals surface area contributed by atoms with E-state index in [-0.39, 0.29) is 24.5 Å². The van der Waals surface area contributed by atoms with Crippen LogP contribution < -0.4 is 16.8 Å². The predicted octanol–water partition coefficient (Wildman–Crippen LogP) is 2.70. The van der Waals surface area contributed by atoms with Gasteiger partial charge >= 0.3 is 0 Å². The molecule has 0 saturated carbocycles. The highest BCUT2D eigenvalue weighted by molar-refractivity contribution is 5.79. The lowest BCUT2D eigenvalue weighted by molar-refractivity contribution is -0.134. The molecule has 3 rings (SSSR count).